The quantitative estimate of drug-likeness (QED) is 0.897. The van der Waals surface area contributed by atoms with Crippen LogP contribution in [0.15, 0.2) is 46.9 Å². The lowest BCUT2D eigenvalue weighted by molar-refractivity contribution is 0.198. The molecule has 0 saturated carbocycles. The molecule has 0 aliphatic heterocycles. The predicted octanol–water partition coefficient (Wildman–Crippen LogP) is 4.60. The van der Waals surface area contributed by atoms with Crippen molar-refractivity contribution in [1.29, 1.82) is 0 Å². The first-order valence-corrected chi connectivity index (χ1v) is 6.58. The van der Waals surface area contributed by atoms with Gasteiger partial charge in [-0.2, -0.15) is 0 Å². The second kappa shape index (κ2) is 5.55. The van der Waals surface area contributed by atoms with Crippen molar-refractivity contribution in [1.82, 2.24) is 0 Å². The normalized spacial score (nSPS) is 12.2. The monoisotopic (exact) mass is 306 g/mol. The van der Waals surface area contributed by atoms with Crippen LogP contribution in [-0.2, 0) is 0 Å². The molecule has 0 heterocycles. The fourth-order valence-electron chi connectivity index (χ4n) is 1.71. The average Bonchev–Trinajstić information content (AvgIpc) is 2.32. The number of aryl methyl sites for hydroxylation is 1. The van der Waals surface area contributed by atoms with Crippen LogP contribution in [-0.4, -0.2) is 5.11 Å². The molecular formula is C15H15BrO2. The summed E-state index contributed by atoms with van der Waals surface area (Å²) in [6, 6.07) is 13.5. The first-order chi connectivity index (χ1) is 8.58. The Labute approximate surface area is 115 Å². The van der Waals surface area contributed by atoms with Crippen LogP contribution in [0, 0.1) is 6.92 Å². The number of benzene rings is 2. The van der Waals surface area contributed by atoms with E-state index < -0.39 is 6.10 Å². The molecule has 0 aromatic heterocycles. The molecule has 0 bridgehead atoms. The van der Waals surface area contributed by atoms with Gasteiger partial charge in [0.25, 0.3) is 0 Å². The lowest BCUT2D eigenvalue weighted by Gasteiger charge is -2.12. The number of rotatable bonds is 3. The molecule has 94 valence electrons. The zero-order valence-corrected chi connectivity index (χ0v) is 11.9. The highest BCUT2D eigenvalue weighted by molar-refractivity contribution is 9.10. The summed E-state index contributed by atoms with van der Waals surface area (Å²) >= 11 is 3.44. The maximum Gasteiger partial charge on any atom is 0.130 e. The van der Waals surface area contributed by atoms with Crippen LogP contribution in [0.5, 0.6) is 11.5 Å². The Kier molecular flexibility index (Phi) is 4.04. The molecule has 1 atom stereocenters. The summed E-state index contributed by atoms with van der Waals surface area (Å²) in [5.74, 6) is 1.59. The highest BCUT2D eigenvalue weighted by atomic mass is 79.9. The van der Waals surface area contributed by atoms with E-state index in [4.69, 9.17) is 4.74 Å². The number of ether oxygens (including phenoxy) is 1. The van der Waals surface area contributed by atoms with E-state index in [9.17, 15) is 5.11 Å². The Balaban J connectivity index is 2.26. The number of aliphatic hydroxyl groups is 1. The van der Waals surface area contributed by atoms with Gasteiger partial charge in [0.05, 0.1) is 6.10 Å². The molecule has 0 aliphatic rings. The van der Waals surface area contributed by atoms with E-state index in [0.717, 1.165) is 27.1 Å². The van der Waals surface area contributed by atoms with Crippen LogP contribution in [0.4, 0.5) is 0 Å². The largest absolute Gasteiger partial charge is 0.457 e. The van der Waals surface area contributed by atoms with Crippen LogP contribution < -0.4 is 4.74 Å². The molecule has 2 aromatic carbocycles. The highest BCUT2D eigenvalue weighted by Crippen LogP contribution is 2.31. The third-order valence-corrected chi connectivity index (χ3v) is 3.43. The van der Waals surface area contributed by atoms with Gasteiger partial charge in [-0.3, -0.25) is 0 Å². The van der Waals surface area contributed by atoms with Gasteiger partial charge in [-0.05, 0) is 43.2 Å². The Morgan fingerprint density at radius 2 is 1.89 bits per heavy atom. The first kappa shape index (κ1) is 13.1. The Morgan fingerprint density at radius 1 is 1.17 bits per heavy atom. The third-order valence-electron chi connectivity index (χ3n) is 2.74. The van der Waals surface area contributed by atoms with Gasteiger partial charge < -0.3 is 9.84 Å². The molecule has 0 aliphatic carbocycles. The number of halogens is 1. The summed E-state index contributed by atoms with van der Waals surface area (Å²) in [5, 5.41) is 9.56. The number of aliphatic hydroxyl groups excluding tert-OH is 1. The number of hydrogen-bond donors (Lipinski definition) is 1. The summed E-state index contributed by atoms with van der Waals surface area (Å²) in [5.41, 5.74) is 1.94. The molecule has 0 spiro atoms. The van der Waals surface area contributed by atoms with Crippen molar-refractivity contribution in [2.75, 3.05) is 0 Å². The van der Waals surface area contributed by atoms with Crippen molar-refractivity contribution >= 4 is 15.9 Å². The van der Waals surface area contributed by atoms with Gasteiger partial charge in [0.15, 0.2) is 0 Å². The van der Waals surface area contributed by atoms with Crippen LogP contribution in [0.3, 0.4) is 0 Å². The van der Waals surface area contributed by atoms with Crippen LogP contribution in [0.1, 0.15) is 24.2 Å². The lowest BCUT2D eigenvalue weighted by Crippen LogP contribution is -1.93. The summed E-state index contributed by atoms with van der Waals surface area (Å²) in [6.45, 7) is 3.75. The SMILES string of the molecule is Cc1ccccc1Oc1ccc(C(C)O)c(Br)c1. The molecule has 0 fully saturated rings. The molecule has 2 aromatic rings. The van der Waals surface area contributed by atoms with E-state index in [1.807, 2.05) is 49.4 Å². The maximum absolute atomic E-state index is 9.56. The van der Waals surface area contributed by atoms with E-state index >= 15 is 0 Å². The molecule has 0 amide bonds. The zero-order valence-electron chi connectivity index (χ0n) is 10.4. The second-order valence-corrected chi connectivity index (χ2v) is 5.08. The smallest absolute Gasteiger partial charge is 0.130 e. The van der Waals surface area contributed by atoms with E-state index in [1.54, 1.807) is 6.92 Å². The van der Waals surface area contributed by atoms with Gasteiger partial charge >= 0.3 is 0 Å². The van der Waals surface area contributed by atoms with Gasteiger partial charge in [-0.1, -0.05) is 40.2 Å². The maximum atomic E-state index is 9.56. The molecule has 1 unspecified atom stereocenters. The van der Waals surface area contributed by atoms with Gasteiger partial charge in [-0.25, -0.2) is 0 Å². The molecule has 3 heteroatoms. The molecular weight excluding hydrogens is 292 g/mol. The standard InChI is InChI=1S/C15H15BrO2/c1-10-5-3-4-6-15(10)18-12-7-8-13(11(2)17)14(16)9-12/h3-9,11,17H,1-2H3. The van der Waals surface area contributed by atoms with Crippen LogP contribution in [0.25, 0.3) is 0 Å². The Hall–Kier alpha value is -1.32. The van der Waals surface area contributed by atoms with Crippen LogP contribution in [0.2, 0.25) is 0 Å². The van der Waals surface area contributed by atoms with Gasteiger partial charge in [0.1, 0.15) is 11.5 Å². The Morgan fingerprint density at radius 3 is 2.50 bits per heavy atom. The van der Waals surface area contributed by atoms with Crippen molar-refractivity contribution in [3.05, 3.63) is 58.1 Å². The molecule has 0 radical (unpaired) electrons. The van der Waals surface area contributed by atoms with Crippen molar-refractivity contribution in [3.63, 3.8) is 0 Å². The van der Waals surface area contributed by atoms with E-state index in [-0.39, 0.29) is 0 Å². The van der Waals surface area contributed by atoms with Gasteiger partial charge in [0, 0.05) is 4.47 Å². The minimum atomic E-state index is -0.494. The molecule has 2 rings (SSSR count). The van der Waals surface area contributed by atoms with Gasteiger partial charge in [0.2, 0.25) is 0 Å². The van der Waals surface area contributed by atoms with Crippen LogP contribution >= 0.6 is 15.9 Å². The molecule has 1 N–H and O–H groups in total. The minimum absolute atomic E-state index is 0.494. The van der Waals surface area contributed by atoms with E-state index in [1.165, 1.54) is 0 Å². The summed E-state index contributed by atoms with van der Waals surface area (Å²) in [7, 11) is 0. The second-order valence-electron chi connectivity index (χ2n) is 4.23. The van der Waals surface area contributed by atoms with Crippen molar-refractivity contribution in [3.8, 4) is 11.5 Å². The fourth-order valence-corrected chi connectivity index (χ4v) is 2.40. The number of para-hydroxylation sites is 1. The average molecular weight is 307 g/mol. The molecule has 2 nitrogen and oxygen atoms in total. The molecule has 0 saturated heterocycles. The molecule has 18 heavy (non-hydrogen) atoms. The van der Waals surface area contributed by atoms with E-state index in [0.29, 0.717) is 0 Å². The third kappa shape index (κ3) is 2.92. The van der Waals surface area contributed by atoms with Crippen molar-refractivity contribution in [2.24, 2.45) is 0 Å². The Bertz CT molecular complexity index is 550. The first-order valence-electron chi connectivity index (χ1n) is 5.79. The zero-order chi connectivity index (χ0) is 13.1. The summed E-state index contributed by atoms with van der Waals surface area (Å²) in [4.78, 5) is 0. The summed E-state index contributed by atoms with van der Waals surface area (Å²) in [6.07, 6.45) is -0.494. The van der Waals surface area contributed by atoms with Gasteiger partial charge in [-0.15, -0.1) is 0 Å². The van der Waals surface area contributed by atoms with Crippen molar-refractivity contribution < 1.29 is 9.84 Å². The lowest BCUT2D eigenvalue weighted by atomic mass is 10.1. The topological polar surface area (TPSA) is 29.5 Å². The number of hydrogen-bond acceptors (Lipinski definition) is 2. The van der Waals surface area contributed by atoms with E-state index in [2.05, 4.69) is 15.9 Å². The summed E-state index contributed by atoms with van der Waals surface area (Å²) < 4.78 is 6.66. The van der Waals surface area contributed by atoms with Crippen molar-refractivity contribution in [2.45, 2.75) is 20.0 Å². The fraction of sp³-hybridized carbons (Fsp3) is 0.200. The highest BCUT2D eigenvalue weighted by Gasteiger charge is 2.08. The minimum Gasteiger partial charge on any atom is -0.457 e. The predicted molar refractivity (Wildman–Crippen MR) is 76.0 cm³/mol.